The smallest absolute Gasteiger partial charge is 0.243 e. The Balaban J connectivity index is 2.50. The van der Waals surface area contributed by atoms with Crippen LogP contribution in [0.15, 0.2) is 12.1 Å². The fourth-order valence-electron chi connectivity index (χ4n) is 1.93. The third-order valence-electron chi connectivity index (χ3n) is 2.73. The van der Waals surface area contributed by atoms with Gasteiger partial charge in [-0.1, -0.05) is 5.92 Å². The number of rotatable bonds is 3. The largest absolute Gasteiger partial charge is 0.493 e. The molecule has 5 nitrogen and oxygen atoms in total. The number of hydrogen-bond donors (Lipinski definition) is 1. The summed E-state index contributed by atoms with van der Waals surface area (Å²) in [6.07, 6.45) is 5.31. The highest BCUT2D eigenvalue weighted by atomic mass is 16.5. The van der Waals surface area contributed by atoms with E-state index in [1.54, 1.807) is 20.3 Å². The zero-order valence-electron chi connectivity index (χ0n) is 10.3. The fourth-order valence-corrected chi connectivity index (χ4v) is 1.93. The average Bonchev–Trinajstić information content (AvgIpc) is 2.37. The van der Waals surface area contributed by atoms with Crippen molar-refractivity contribution in [1.82, 2.24) is 0 Å². The second kappa shape index (κ2) is 4.88. The second-order valence-corrected chi connectivity index (χ2v) is 3.83. The van der Waals surface area contributed by atoms with Crippen LogP contribution in [0, 0.1) is 12.3 Å². The summed E-state index contributed by atoms with van der Waals surface area (Å²) in [7, 11) is 3.12. The van der Waals surface area contributed by atoms with Crippen molar-refractivity contribution in [3.63, 3.8) is 0 Å². The quantitative estimate of drug-likeness (QED) is 0.811. The van der Waals surface area contributed by atoms with E-state index in [1.807, 2.05) is 11.0 Å². The molecule has 0 bridgehead atoms. The first-order valence-corrected chi connectivity index (χ1v) is 5.44. The van der Waals surface area contributed by atoms with Crippen molar-refractivity contribution in [2.75, 3.05) is 37.5 Å². The number of methoxy groups -OCH3 is 2. The van der Waals surface area contributed by atoms with E-state index in [2.05, 4.69) is 11.2 Å². The van der Waals surface area contributed by atoms with Gasteiger partial charge in [-0.3, -0.25) is 4.79 Å². The molecular formula is C13H14N2O3. The number of amides is 1. The van der Waals surface area contributed by atoms with Gasteiger partial charge in [-0.15, -0.1) is 6.42 Å². The lowest BCUT2D eigenvalue weighted by Crippen LogP contribution is -2.38. The molecule has 0 fully saturated rings. The van der Waals surface area contributed by atoms with Crippen molar-refractivity contribution in [2.45, 2.75) is 0 Å². The maximum absolute atomic E-state index is 11.6. The number of hydrogen-bond acceptors (Lipinski definition) is 4. The van der Waals surface area contributed by atoms with Crippen molar-refractivity contribution in [1.29, 1.82) is 0 Å². The molecule has 1 amide bonds. The standard InChI is InChI=1S/C13H14N2O3/c1-4-5-15-8-13(16)14-9-6-11(17-2)12(18-3)7-10(9)15/h1,6-7H,5,8H2,2-3H3,(H,14,16). The first-order valence-electron chi connectivity index (χ1n) is 5.44. The van der Waals surface area contributed by atoms with E-state index in [4.69, 9.17) is 15.9 Å². The third kappa shape index (κ3) is 2.05. The van der Waals surface area contributed by atoms with Gasteiger partial charge in [-0.25, -0.2) is 0 Å². The Morgan fingerprint density at radius 2 is 2.06 bits per heavy atom. The van der Waals surface area contributed by atoms with Gasteiger partial charge in [-0.2, -0.15) is 0 Å². The van der Waals surface area contributed by atoms with Crippen LogP contribution in [-0.2, 0) is 4.79 Å². The third-order valence-corrected chi connectivity index (χ3v) is 2.73. The van der Waals surface area contributed by atoms with Crippen LogP contribution < -0.4 is 19.7 Å². The van der Waals surface area contributed by atoms with Crippen LogP contribution in [-0.4, -0.2) is 33.2 Å². The number of nitrogens with one attached hydrogen (secondary N) is 1. The van der Waals surface area contributed by atoms with Crippen LogP contribution in [0.4, 0.5) is 11.4 Å². The lowest BCUT2D eigenvalue weighted by Gasteiger charge is -2.30. The van der Waals surface area contributed by atoms with E-state index in [0.29, 0.717) is 23.7 Å². The molecule has 2 rings (SSSR count). The molecule has 0 unspecified atom stereocenters. The van der Waals surface area contributed by atoms with Gasteiger partial charge in [0.15, 0.2) is 11.5 Å². The summed E-state index contributed by atoms with van der Waals surface area (Å²) >= 11 is 0. The van der Waals surface area contributed by atoms with Crippen LogP contribution in [0.3, 0.4) is 0 Å². The minimum atomic E-state index is -0.0926. The molecule has 0 saturated carbocycles. The van der Waals surface area contributed by atoms with Gasteiger partial charge in [0.1, 0.15) is 0 Å². The van der Waals surface area contributed by atoms with Crippen molar-refractivity contribution in [2.24, 2.45) is 0 Å². The Morgan fingerprint density at radius 1 is 1.39 bits per heavy atom. The maximum atomic E-state index is 11.6. The summed E-state index contributed by atoms with van der Waals surface area (Å²) in [5.74, 6) is 3.62. The normalized spacial score (nSPS) is 13.4. The molecule has 5 heteroatoms. The molecule has 0 aliphatic carbocycles. The van der Waals surface area contributed by atoms with Crippen LogP contribution in [0.25, 0.3) is 0 Å². The number of anilines is 2. The van der Waals surface area contributed by atoms with E-state index < -0.39 is 0 Å². The SMILES string of the molecule is C#CCN1CC(=O)Nc2cc(OC)c(OC)cc21. The number of carbonyl (C=O) groups is 1. The molecule has 0 saturated heterocycles. The first kappa shape index (κ1) is 12.1. The van der Waals surface area contributed by atoms with Crippen molar-refractivity contribution >= 4 is 17.3 Å². The second-order valence-electron chi connectivity index (χ2n) is 3.83. The highest BCUT2D eigenvalue weighted by Gasteiger charge is 2.23. The molecule has 1 heterocycles. The monoisotopic (exact) mass is 246 g/mol. The molecule has 94 valence electrons. The van der Waals surface area contributed by atoms with E-state index >= 15 is 0 Å². The van der Waals surface area contributed by atoms with Crippen molar-refractivity contribution in [3.05, 3.63) is 12.1 Å². The number of terminal acetylenes is 1. The van der Waals surface area contributed by atoms with Gasteiger partial charge >= 0.3 is 0 Å². The maximum Gasteiger partial charge on any atom is 0.243 e. The van der Waals surface area contributed by atoms with Crippen LogP contribution in [0.2, 0.25) is 0 Å². The summed E-state index contributed by atoms with van der Waals surface area (Å²) in [6.45, 7) is 0.614. The summed E-state index contributed by atoms with van der Waals surface area (Å²) in [5.41, 5.74) is 1.52. The predicted molar refractivity (Wildman–Crippen MR) is 69.2 cm³/mol. The van der Waals surface area contributed by atoms with Crippen molar-refractivity contribution < 1.29 is 14.3 Å². The van der Waals surface area contributed by atoms with E-state index in [-0.39, 0.29) is 12.5 Å². The van der Waals surface area contributed by atoms with Gasteiger partial charge in [0.25, 0.3) is 0 Å². The number of carbonyl (C=O) groups excluding carboxylic acids is 1. The van der Waals surface area contributed by atoms with Crippen LogP contribution in [0.5, 0.6) is 11.5 Å². The highest BCUT2D eigenvalue weighted by Crippen LogP contribution is 2.39. The minimum absolute atomic E-state index is 0.0926. The highest BCUT2D eigenvalue weighted by molar-refractivity contribution is 6.02. The van der Waals surface area contributed by atoms with Crippen molar-refractivity contribution in [3.8, 4) is 23.8 Å². The minimum Gasteiger partial charge on any atom is -0.493 e. The molecule has 1 aliphatic heterocycles. The molecule has 1 aromatic rings. The molecule has 1 aliphatic rings. The Bertz CT molecular complexity index is 520. The van der Waals surface area contributed by atoms with E-state index in [9.17, 15) is 4.79 Å². The topological polar surface area (TPSA) is 50.8 Å². The molecule has 0 spiro atoms. The van der Waals surface area contributed by atoms with Gasteiger partial charge in [-0.05, 0) is 0 Å². The summed E-state index contributed by atoms with van der Waals surface area (Å²) in [5, 5.41) is 2.79. The Kier molecular flexibility index (Phi) is 3.28. The van der Waals surface area contributed by atoms with Crippen LogP contribution >= 0.6 is 0 Å². The molecule has 1 N–H and O–H groups in total. The number of ether oxygens (including phenoxy) is 2. The number of benzene rings is 1. The zero-order valence-corrected chi connectivity index (χ0v) is 10.3. The van der Waals surface area contributed by atoms with Gasteiger partial charge in [0.05, 0.1) is 38.7 Å². The van der Waals surface area contributed by atoms with Gasteiger partial charge in [0.2, 0.25) is 5.91 Å². The lowest BCUT2D eigenvalue weighted by atomic mass is 10.1. The van der Waals surface area contributed by atoms with Gasteiger partial charge in [0, 0.05) is 12.1 Å². The Morgan fingerprint density at radius 3 is 2.67 bits per heavy atom. The molecule has 0 radical (unpaired) electrons. The molecular weight excluding hydrogens is 232 g/mol. The summed E-state index contributed by atoms with van der Waals surface area (Å²) in [6, 6.07) is 3.54. The molecule has 18 heavy (non-hydrogen) atoms. The number of nitrogens with zero attached hydrogens (tertiary/aromatic N) is 1. The van der Waals surface area contributed by atoms with Gasteiger partial charge < -0.3 is 19.7 Å². The van der Waals surface area contributed by atoms with Crippen LogP contribution in [0.1, 0.15) is 0 Å². The zero-order chi connectivity index (χ0) is 13.1. The summed E-state index contributed by atoms with van der Waals surface area (Å²) < 4.78 is 10.4. The predicted octanol–water partition coefficient (Wildman–Crippen LogP) is 1.10. The molecule has 0 aromatic heterocycles. The average molecular weight is 246 g/mol. The lowest BCUT2D eigenvalue weighted by molar-refractivity contribution is -0.115. The van der Waals surface area contributed by atoms with E-state index in [1.165, 1.54) is 0 Å². The molecule has 1 aromatic carbocycles. The number of fused-ring (bicyclic) bond motifs is 1. The summed E-state index contributed by atoms with van der Waals surface area (Å²) in [4.78, 5) is 13.4. The first-order chi connectivity index (χ1) is 8.69. The molecule has 0 atom stereocenters. The fraction of sp³-hybridized carbons (Fsp3) is 0.308. The Labute approximate surface area is 106 Å². The Hall–Kier alpha value is -2.35. The van der Waals surface area contributed by atoms with E-state index in [0.717, 1.165) is 5.69 Å².